The lowest BCUT2D eigenvalue weighted by atomic mass is 9.80. The quantitative estimate of drug-likeness (QED) is 0.864. The number of hydrogen-bond donors (Lipinski definition) is 2. The smallest absolute Gasteiger partial charge is 0.0771 e. The van der Waals surface area contributed by atoms with Gasteiger partial charge < -0.3 is 10.4 Å². The number of aliphatic hydroxyl groups is 1. The second kappa shape index (κ2) is 4.67. The van der Waals surface area contributed by atoms with Crippen molar-refractivity contribution in [3.8, 4) is 0 Å². The number of hydrogen-bond acceptors (Lipinski definition) is 3. The maximum absolute atomic E-state index is 10.0. The number of benzene rings is 1. The van der Waals surface area contributed by atoms with Crippen LogP contribution in [0.5, 0.6) is 0 Å². The normalized spacial score (nSPS) is 17.6. The molecule has 2 N–H and O–H groups in total. The van der Waals surface area contributed by atoms with Crippen molar-refractivity contribution in [2.75, 3.05) is 6.54 Å². The third kappa shape index (κ3) is 2.24. The molecule has 0 spiro atoms. The Morgan fingerprint density at radius 2 is 2.06 bits per heavy atom. The van der Waals surface area contributed by atoms with E-state index in [9.17, 15) is 5.11 Å². The van der Waals surface area contributed by atoms with Gasteiger partial charge in [0.05, 0.1) is 11.1 Å². The van der Waals surface area contributed by atoms with Gasteiger partial charge in [-0.25, -0.2) is 0 Å². The van der Waals surface area contributed by atoms with E-state index in [1.165, 1.54) is 10.9 Å². The molecule has 0 unspecified atom stereocenters. The van der Waals surface area contributed by atoms with Crippen LogP contribution in [-0.2, 0) is 6.54 Å². The van der Waals surface area contributed by atoms with E-state index in [1.54, 1.807) is 0 Å². The minimum Gasteiger partial charge on any atom is -0.389 e. The zero-order valence-corrected chi connectivity index (χ0v) is 10.4. The van der Waals surface area contributed by atoms with Gasteiger partial charge >= 0.3 is 0 Å². The molecule has 3 rings (SSSR count). The first kappa shape index (κ1) is 11.6. The second-order valence-electron chi connectivity index (χ2n) is 5.17. The minimum absolute atomic E-state index is 0.456. The van der Waals surface area contributed by atoms with E-state index in [0.29, 0.717) is 6.54 Å². The van der Waals surface area contributed by atoms with Crippen molar-refractivity contribution in [3.05, 3.63) is 42.1 Å². The maximum atomic E-state index is 10.0. The molecule has 1 aliphatic rings. The third-order valence-electron chi connectivity index (χ3n) is 3.79. The number of fused-ring (bicyclic) bond motifs is 1. The van der Waals surface area contributed by atoms with Gasteiger partial charge in [-0.1, -0.05) is 18.2 Å². The van der Waals surface area contributed by atoms with Crippen LogP contribution in [0.15, 0.2) is 36.5 Å². The average molecular weight is 242 g/mol. The molecule has 1 aromatic carbocycles. The van der Waals surface area contributed by atoms with Crippen LogP contribution in [0.25, 0.3) is 10.9 Å². The van der Waals surface area contributed by atoms with Crippen LogP contribution in [-0.4, -0.2) is 22.2 Å². The van der Waals surface area contributed by atoms with Crippen molar-refractivity contribution >= 4 is 10.9 Å². The van der Waals surface area contributed by atoms with E-state index < -0.39 is 5.60 Å². The van der Waals surface area contributed by atoms with Gasteiger partial charge in [-0.05, 0) is 37.0 Å². The zero-order chi connectivity index (χ0) is 12.4. The Balaban J connectivity index is 1.70. The molecule has 1 aromatic heterocycles. The van der Waals surface area contributed by atoms with Crippen molar-refractivity contribution < 1.29 is 5.11 Å². The molecule has 0 amide bonds. The monoisotopic (exact) mass is 242 g/mol. The highest BCUT2D eigenvalue weighted by Gasteiger charge is 2.33. The number of aromatic nitrogens is 1. The highest BCUT2D eigenvalue weighted by atomic mass is 16.3. The third-order valence-corrected chi connectivity index (χ3v) is 3.79. The molecule has 1 saturated carbocycles. The summed E-state index contributed by atoms with van der Waals surface area (Å²) in [5.41, 5.74) is 1.81. The maximum Gasteiger partial charge on any atom is 0.0771 e. The summed E-state index contributed by atoms with van der Waals surface area (Å²) in [4.78, 5) is 4.35. The van der Waals surface area contributed by atoms with Crippen molar-refractivity contribution in [2.24, 2.45) is 0 Å². The van der Waals surface area contributed by atoms with E-state index in [0.717, 1.165) is 31.3 Å². The summed E-state index contributed by atoms with van der Waals surface area (Å²) in [7, 11) is 0. The predicted octanol–water partition coefficient (Wildman–Crippen LogP) is 2.24. The molecule has 0 saturated heterocycles. The molecule has 0 aliphatic heterocycles. The van der Waals surface area contributed by atoms with Crippen LogP contribution in [0.3, 0.4) is 0 Å². The Morgan fingerprint density at radius 3 is 2.83 bits per heavy atom. The Kier molecular flexibility index (Phi) is 3.02. The van der Waals surface area contributed by atoms with Crippen molar-refractivity contribution in [3.63, 3.8) is 0 Å². The first-order chi connectivity index (χ1) is 8.77. The molecular weight excluding hydrogens is 224 g/mol. The highest BCUT2D eigenvalue weighted by molar-refractivity contribution is 5.81. The molecule has 2 aromatic rings. The highest BCUT2D eigenvalue weighted by Crippen LogP contribution is 2.30. The topological polar surface area (TPSA) is 45.1 Å². The van der Waals surface area contributed by atoms with Crippen LogP contribution in [0.2, 0.25) is 0 Å². The molecule has 3 nitrogen and oxygen atoms in total. The Hall–Kier alpha value is -1.45. The fraction of sp³-hybridized carbons (Fsp3) is 0.400. The van der Waals surface area contributed by atoms with E-state index in [-0.39, 0.29) is 0 Å². The van der Waals surface area contributed by atoms with Gasteiger partial charge in [0.25, 0.3) is 0 Å². The largest absolute Gasteiger partial charge is 0.389 e. The summed E-state index contributed by atoms with van der Waals surface area (Å²) in [6, 6.07) is 10.2. The van der Waals surface area contributed by atoms with Gasteiger partial charge in [-0.3, -0.25) is 4.98 Å². The molecule has 0 radical (unpaired) electrons. The fourth-order valence-electron chi connectivity index (χ4n) is 2.50. The van der Waals surface area contributed by atoms with E-state index in [1.807, 2.05) is 30.5 Å². The Bertz CT molecular complexity index is 544. The van der Waals surface area contributed by atoms with Crippen LogP contribution in [0.1, 0.15) is 24.8 Å². The second-order valence-corrected chi connectivity index (χ2v) is 5.17. The lowest BCUT2D eigenvalue weighted by Gasteiger charge is -2.36. The van der Waals surface area contributed by atoms with Gasteiger partial charge in [-0.2, -0.15) is 0 Å². The fourth-order valence-corrected chi connectivity index (χ4v) is 2.50. The molecule has 0 bridgehead atoms. The molecular formula is C15H18N2O. The van der Waals surface area contributed by atoms with Crippen molar-refractivity contribution in [2.45, 2.75) is 31.4 Å². The van der Waals surface area contributed by atoms with Crippen molar-refractivity contribution in [1.29, 1.82) is 0 Å². The van der Waals surface area contributed by atoms with E-state index in [4.69, 9.17) is 0 Å². The van der Waals surface area contributed by atoms with Gasteiger partial charge in [0.2, 0.25) is 0 Å². The first-order valence-corrected chi connectivity index (χ1v) is 6.53. The van der Waals surface area contributed by atoms with Crippen molar-refractivity contribution in [1.82, 2.24) is 10.3 Å². The lowest BCUT2D eigenvalue weighted by molar-refractivity contribution is -0.0314. The standard InChI is InChI=1S/C15H18N2O/c18-15(7-3-8-15)11-16-10-12-6-9-17-14-5-2-1-4-13(12)14/h1-2,4-6,9,16,18H,3,7-8,10-11H2. The van der Waals surface area contributed by atoms with E-state index >= 15 is 0 Å². The van der Waals surface area contributed by atoms with Gasteiger partial charge in [-0.15, -0.1) is 0 Å². The summed E-state index contributed by atoms with van der Waals surface area (Å²) in [5, 5.41) is 14.6. The van der Waals surface area contributed by atoms with Gasteiger partial charge in [0.1, 0.15) is 0 Å². The molecule has 94 valence electrons. The molecule has 0 atom stereocenters. The summed E-state index contributed by atoms with van der Waals surface area (Å²) in [5.74, 6) is 0. The summed E-state index contributed by atoms with van der Waals surface area (Å²) in [6.07, 6.45) is 4.85. The summed E-state index contributed by atoms with van der Waals surface area (Å²) >= 11 is 0. The first-order valence-electron chi connectivity index (χ1n) is 6.53. The van der Waals surface area contributed by atoms with Crippen LogP contribution in [0, 0.1) is 0 Å². The minimum atomic E-state index is -0.456. The summed E-state index contributed by atoms with van der Waals surface area (Å²) < 4.78 is 0. The number of rotatable bonds is 4. The summed E-state index contributed by atoms with van der Waals surface area (Å²) in [6.45, 7) is 1.47. The van der Waals surface area contributed by atoms with E-state index in [2.05, 4.69) is 16.4 Å². The molecule has 1 heterocycles. The van der Waals surface area contributed by atoms with Crippen LogP contribution >= 0.6 is 0 Å². The van der Waals surface area contributed by atoms with Gasteiger partial charge in [0.15, 0.2) is 0 Å². The zero-order valence-electron chi connectivity index (χ0n) is 10.4. The molecule has 1 aliphatic carbocycles. The average Bonchev–Trinajstić information content (AvgIpc) is 2.37. The predicted molar refractivity (Wildman–Crippen MR) is 72.3 cm³/mol. The Labute approximate surface area is 107 Å². The number of pyridine rings is 1. The number of para-hydroxylation sites is 1. The molecule has 1 fully saturated rings. The molecule has 18 heavy (non-hydrogen) atoms. The SMILES string of the molecule is OC1(CNCc2ccnc3ccccc23)CCC1. The lowest BCUT2D eigenvalue weighted by Crippen LogP contribution is -2.45. The molecule has 3 heteroatoms. The van der Waals surface area contributed by atoms with Gasteiger partial charge in [0, 0.05) is 24.7 Å². The van der Waals surface area contributed by atoms with Crippen LogP contribution < -0.4 is 5.32 Å². The number of nitrogens with zero attached hydrogens (tertiary/aromatic N) is 1. The number of nitrogens with one attached hydrogen (secondary N) is 1. The Morgan fingerprint density at radius 1 is 1.22 bits per heavy atom. The van der Waals surface area contributed by atoms with Crippen LogP contribution in [0.4, 0.5) is 0 Å².